The molecular weight excluding hydrogens is 824 g/mol. The monoisotopic (exact) mass is 884 g/mol. The third-order valence-electron chi connectivity index (χ3n) is 10.8. The lowest BCUT2D eigenvalue weighted by Gasteiger charge is -2.30. The van der Waals surface area contributed by atoms with Gasteiger partial charge in [0.1, 0.15) is 18.2 Å². The maximum Gasteiger partial charge on any atom is 0.236 e. The second kappa shape index (κ2) is 24.7. The summed E-state index contributed by atoms with van der Waals surface area (Å²) in [4.78, 5) is 18.3. The van der Waals surface area contributed by atoms with Crippen molar-refractivity contribution < 1.29 is 28.4 Å². The lowest BCUT2D eigenvalue weighted by Crippen LogP contribution is -2.38. The highest BCUT2D eigenvalue weighted by molar-refractivity contribution is 6.34. The minimum atomic E-state index is 0.414. The molecule has 8 rings (SSSR count). The van der Waals surface area contributed by atoms with Crippen molar-refractivity contribution >= 4 is 47.0 Å². The van der Waals surface area contributed by atoms with Gasteiger partial charge in [-0.3, -0.25) is 20.7 Å². The van der Waals surface area contributed by atoms with E-state index >= 15 is 0 Å². The Morgan fingerprint density at radius 3 is 1.63 bits per heavy atom. The zero-order valence-electron chi connectivity index (χ0n) is 36.6. The van der Waals surface area contributed by atoms with Gasteiger partial charge in [0.25, 0.3) is 0 Å². The highest BCUT2D eigenvalue weighted by atomic mass is 35.5. The van der Waals surface area contributed by atoms with E-state index in [-0.39, 0.29) is 0 Å². The Labute approximate surface area is 376 Å². The molecule has 0 radical (unpaired) electrons. The molecule has 0 spiro atoms. The maximum atomic E-state index is 6.71. The molecule has 0 unspecified atom stereocenters. The molecule has 63 heavy (non-hydrogen) atoms. The number of pyridine rings is 2. The van der Waals surface area contributed by atoms with E-state index in [1.807, 2.05) is 42.5 Å². The molecule has 4 fully saturated rings. The van der Waals surface area contributed by atoms with Gasteiger partial charge in [0, 0.05) is 89.3 Å². The molecule has 0 aliphatic carbocycles. The van der Waals surface area contributed by atoms with Crippen LogP contribution in [0.5, 0.6) is 11.8 Å². The van der Waals surface area contributed by atoms with E-state index in [0.29, 0.717) is 54.8 Å². The number of nitrogens with zero attached hydrogens (tertiary/aromatic N) is 8. The molecular formula is C46H61ClN10O6. The fourth-order valence-corrected chi connectivity index (χ4v) is 7.63. The summed E-state index contributed by atoms with van der Waals surface area (Å²) in [6.07, 6.45) is 3.58. The van der Waals surface area contributed by atoms with Gasteiger partial charge in [0.05, 0.1) is 71.0 Å². The predicted molar refractivity (Wildman–Crippen MR) is 250 cm³/mol. The fourth-order valence-electron chi connectivity index (χ4n) is 7.35. The number of hydrogen-bond acceptors (Lipinski definition) is 16. The van der Waals surface area contributed by atoms with Crippen LogP contribution < -0.4 is 30.1 Å². The predicted octanol–water partition coefficient (Wildman–Crippen LogP) is 5.42. The minimum Gasteiger partial charge on any atom is -0.476 e. The average molecular weight is 886 g/mol. The zero-order valence-corrected chi connectivity index (χ0v) is 37.3. The minimum absolute atomic E-state index is 0.414. The molecule has 0 atom stereocenters. The highest BCUT2D eigenvalue weighted by Crippen LogP contribution is 2.36. The van der Waals surface area contributed by atoms with E-state index < -0.39 is 0 Å². The smallest absolute Gasteiger partial charge is 0.236 e. The van der Waals surface area contributed by atoms with Gasteiger partial charge in [-0.15, -0.1) is 0 Å². The number of ether oxygens (including phenoxy) is 6. The van der Waals surface area contributed by atoms with E-state index in [1.54, 1.807) is 12.4 Å². The van der Waals surface area contributed by atoms with Crippen molar-refractivity contribution in [3.63, 3.8) is 0 Å². The van der Waals surface area contributed by atoms with Gasteiger partial charge in [-0.2, -0.15) is 20.2 Å². The molecule has 4 aliphatic rings. The lowest BCUT2D eigenvalue weighted by atomic mass is 10.2. The number of benzene rings is 2. The number of anilines is 4. The Kier molecular flexibility index (Phi) is 18.0. The van der Waals surface area contributed by atoms with Gasteiger partial charge in [0.2, 0.25) is 11.8 Å². The first-order valence-electron chi connectivity index (χ1n) is 21.9. The van der Waals surface area contributed by atoms with Gasteiger partial charge in [-0.05, 0) is 25.0 Å². The van der Waals surface area contributed by atoms with Crippen LogP contribution in [0.3, 0.4) is 0 Å². The summed E-state index contributed by atoms with van der Waals surface area (Å²) in [5.41, 5.74) is 12.5. The highest BCUT2D eigenvalue weighted by Gasteiger charge is 2.21. The normalized spacial score (nSPS) is 17.7. The van der Waals surface area contributed by atoms with Crippen LogP contribution in [-0.2, 0) is 18.9 Å². The summed E-state index contributed by atoms with van der Waals surface area (Å²) in [5.74, 6) is 2.26. The van der Waals surface area contributed by atoms with Crippen molar-refractivity contribution in [2.45, 2.75) is 13.8 Å². The molecule has 2 aromatic carbocycles. The summed E-state index contributed by atoms with van der Waals surface area (Å²) in [5, 5.41) is 9.25. The van der Waals surface area contributed by atoms with Gasteiger partial charge in [-0.1, -0.05) is 71.3 Å². The van der Waals surface area contributed by atoms with Crippen LogP contribution in [-0.4, -0.2) is 164 Å². The van der Waals surface area contributed by atoms with Crippen LogP contribution in [0.1, 0.15) is 22.3 Å². The molecule has 2 aromatic heterocycles. The van der Waals surface area contributed by atoms with Gasteiger partial charge in [-0.25, -0.2) is 0 Å². The van der Waals surface area contributed by atoms with E-state index in [0.717, 1.165) is 128 Å². The molecule has 17 heteroatoms. The molecule has 4 aliphatic heterocycles. The number of morpholine rings is 4. The summed E-state index contributed by atoms with van der Waals surface area (Å²) >= 11 is 6.71. The number of aromatic nitrogens is 2. The molecule has 0 amide bonds. The van der Waals surface area contributed by atoms with Crippen LogP contribution >= 0.6 is 11.6 Å². The number of aryl methyl sites for hydroxylation is 2. The second-order valence-corrected chi connectivity index (χ2v) is 15.9. The first kappa shape index (κ1) is 45.9. The van der Waals surface area contributed by atoms with Gasteiger partial charge in [0.15, 0.2) is 11.6 Å². The summed E-state index contributed by atoms with van der Waals surface area (Å²) in [6, 6.07) is 22.3. The molecule has 338 valence electrons. The number of halogens is 1. The van der Waals surface area contributed by atoms with Crippen molar-refractivity contribution in [3.8, 4) is 11.8 Å². The fraction of sp³-hybridized carbons (Fsp3) is 0.478. The number of hydrogen-bond donors (Lipinski definition) is 2. The summed E-state index contributed by atoms with van der Waals surface area (Å²) in [7, 11) is 0. The molecule has 6 heterocycles. The van der Waals surface area contributed by atoms with Gasteiger partial charge >= 0.3 is 0 Å². The zero-order chi connectivity index (χ0) is 43.5. The Balaban J connectivity index is 0.000000189. The Morgan fingerprint density at radius 1 is 0.603 bits per heavy atom. The molecule has 4 aromatic rings. The van der Waals surface area contributed by atoms with E-state index in [2.05, 4.69) is 88.7 Å². The summed E-state index contributed by atoms with van der Waals surface area (Å²) < 4.78 is 33.8. The van der Waals surface area contributed by atoms with Crippen molar-refractivity contribution in [2.75, 3.05) is 152 Å². The van der Waals surface area contributed by atoms with Crippen LogP contribution in [0.2, 0.25) is 5.02 Å². The van der Waals surface area contributed by atoms with Crippen molar-refractivity contribution in [2.24, 2.45) is 10.2 Å². The first-order valence-corrected chi connectivity index (χ1v) is 22.3. The molecule has 0 saturated carbocycles. The Hall–Kier alpha value is -5.07. The van der Waals surface area contributed by atoms with E-state index in [1.165, 1.54) is 11.1 Å². The Morgan fingerprint density at radius 2 is 1.10 bits per heavy atom. The summed E-state index contributed by atoms with van der Waals surface area (Å²) in [6.45, 7) is 19.7. The van der Waals surface area contributed by atoms with Crippen LogP contribution in [0.25, 0.3) is 0 Å². The second-order valence-electron chi connectivity index (χ2n) is 15.6. The van der Waals surface area contributed by atoms with E-state index in [4.69, 9.17) is 40.0 Å². The molecule has 2 N–H and O–H groups in total. The van der Waals surface area contributed by atoms with Crippen molar-refractivity contribution in [3.05, 3.63) is 94.0 Å². The third kappa shape index (κ3) is 15.0. The standard InChI is InChI=1S/C23H30ClN5O3.C23H31N5O3/c1-18-3-2-4-19(15-18)17-25-27-21-16-20(29-8-12-31-13-9-29)22(24)23(26-21)32-14-7-28-5-10-30-11-6-28;1-19-3-2-4-20(15-19)18-24-26-22-16-21(28-8-12-30-13-9-28)17-23(25-22)31-14-7-27-5-10-29-11-6-27/h2-4,15-17H,5-14H2,1H3,(H,26,27);2-4,15-18H,5-14H2,1H3,(H,25,26)/b25-17+;24-18+. The SMILES string of the molecule is Cc1cccc(/C=N/Nc2cc(N3CCOCC3)c(Cl)c(OCCN3CCOCC3)n2)c1.Cc1cccc(/C=N/Nc2cc(N3CCOCC3)cc(OCCN3CCOCC3)n2)c1. The van der Waals surface area contributed by atoms with Gasteiger partial charge < -0.3 is 38.2 Å². The van der Waals surface area contributed by atoms with Crippen LogP contribution in [0.4, 0.5) is 23.0 Å². The number of nitrogens with one attached hydrogen (secondary N) is 2. The Bertz CT molecular complexity index is 2070. The average Bonchev–Trinajstić information content (AvgIpc) is 3.31. The van der Waals surface area contributed by atoms with Crippen LogP contribution in [0, 0.1) is 13.8 Å². The lowest BCUT2D eigenvalue weighted by molar-refractivity contribution is 0.0319. The number of hydrazone groups is 2. The third-order valence-corrected chi connectivity index (χ3v) is 11.2. The number of rotatable bonds is 16. The molecule has 16 nitrogen and oxygen atoms in total. The largest absolute Gasteiger partial charge is 0.476 e. The van der Waals surface area contributed by atoms with E-state index in [9.17, 15) is 0 Å². The quantitative estimate of drug-likeness (QED) is 0.109. The maximum absolute atomic E-state index is 6.71. The topological polar surface area (TPSA) is 143 Å². The molecule has 0 bridgehead atoms. The first-order chi connectivity index (χ1) is 30.9. The van der Waals surface area contributed by atoms with Crippen molar-refractivity contribution in [1.82, 2.24) is 19.8 Å². The molecule has 4 saturated heterocycles. The van der Waals surface area contributed by atoms with Crippen LogP contribution in [0.15, 0.2) is 76.9 Å². The van der Waals surface area contributed by atoms with Crippen molar-refractivity contribution in [1.29, 1.82) is 0 Å².